The Morgan fingerprint density at radius 3 is 2.27 bits per heavy atom. The van der Waals surface area contributed by atoms with Crippen LogP contribution in [-0.2, 0) is 16.1 Å². The summed E-state index contributed by atoms with van der Waals surface area (Å²) in [5.41, 5.74) is 2.75. The molecule has 2 aromatic carbocycles. The molecule has 6 rings (SSSR count). The van der Waals surface area contributed by atoms with Crippen LogP contribution in [0.2, 0.25) is 0 Å². The van der Waals surface area contributed by atoms with Crippen LogP contribution in [0.15, 0.2) is 54.6 Å². The Morgan fingerprint density at radius 2 is 1.57 bits per heavy atom. The number of hydrogen-bond acceptors (Lipinski definition) is 5. The molecule has 1 aliphatic carbocycles. The van der Waals surface area contributed by atoms with Crippen molar-refractivity contribution >= 4 is 12.0 Å². The summed E-state index contributed by atoms with van der Waals surface area (Å²) in [7, 11) is 1.70. The van der Waals surface area contributed by atoms with E-state index >= 15 is 0 Å². The molecule has 40 heavy (non-hydrogen) atoms. The molecule has 2 aromatic rings. The number of rotatable bonds is 6. The van der Waals surface area contributed by atoms with Gasteiger partial charge in [0, 0.05) is 45.2 Å². The van der Waals surface area contributed by atoms with Crippen molar-refractivity contribution in [2.45, 2.75) is 63.5 Å². The fraction of sp³-hybridized carbons (Fsp3) is 0.576. The van der Waals surface area contributed by atoms with Crippen molar-refractivity contribution < 1.29 is 19.1 Å². The molecule has 214 valence electrons. The standard InChI is InChI=1S/C33H43N3O4/c1-39-27-13-11-25(12-14-27)21-34-18-15-33(24-34)16-19-35(20-17-33)31(37)30-23-36(32(38)40-28-9-5-6-10-28)22-29(30)26-7-3-2-4-8-26/h2-4,7-8,11-14,28-30H,5-6,9-10,15-24H2,1H3/t29-,30-/m1/s1. The van der Waals surface area contributed by atoms with E-state index in [2.05, 4.69) is 34.1 Å². The van der Waals surface area contributed by atoms with Gasteiger partial charge in [0.1, 0.15) is 11.9 Å². The zero-order chi connectivity index (χ0) is 27.5. The molecule has 3 heterocycles. The summed E-state index contributed by atoms with van der Waals surface area (Å²) in [5, 5.41) is 0. The third kappa shape index (κ3) is 5.85. The van der Waals surface area contributed by atoms with Crippen LogP contribution in [0.4, 0.5) is 4.79 Å². The molecule has 7 nitrogen and oxygen atoms in total. The molecule has 7 heteroatoms. The lowest BCUT2D eigenvalue weighted by Gasteiger charge is -2.40. The van der Waals surface area contributed by atoms with Gasteiger partial charge in [0.15, 0.2) is 0 Å². The van der Waals surface area contributed by atoms with E-state index in [1.165, 1.54) is 12.0 Å². The Labute approximate surface area is 238 Å². The molecule has 0 radical (unpaired) electrons. The molecule has 0 N–H and O–H groups in total. The van der Waals surface area contributed by atoms with Crippen molar-refractivity contribution in [2.75, 3.05) is 46.4 Å². The van der Waals surface area contributed by atoms with Gasteiger partial charge in [-0.1, -0.05) is 42.5 Å². The number of likely N-dealkylation sites (tertiary alicyclic amines) is 3. The summed E-state index contributed by atoms with van der Waals surface area (Å²) < 4.78 is 11.1. The summed E-state index contributed by atoms with van der Waals surface area (Å²) >= 11 is 0. The van der Waals surface area contributed by atoms with Gasteiger partial charge in [-0.25, -0.2) is 4.79 Å². The Kier molecular flexibility index (Phi) is 8.01. The van der Waals surface area contributed by atoms with Gasteiger partial charge >= 0.3 is 6.09 Å². The molecular formula is C33H43N3O4. The Morgan fingerprint density at radius 1 is 0.875 bits per heavy atom. The number of amides is 2. The predicted molar refractivity (Wildman–Crippen MR) is 154 cm³/mol. The van der Waals surface area contributed by atoms with E-state index in [9.17, 15) is 9.59 Å². The van der Waals surface area contributed by atoms with Crippen LogP contribution in [-0.4, -0.2) is 79.2 Å². The first-order chi connectivity index (χ1) is 19.5. The lowest BCUT2D eigenvalue weighted by molar-refractivity contribution is -0.137. The number of nitrogens with zero attached hydrogens (tertiary/aromatic N) is 3. The van der Waals surface area contributed by atoms with E-state index in [1.54, 1.807) is 12.0 Å². The second-order valence-electron chi connectivity index (χ2n) is 12.5. The van der Waals surface area contributed by atoms with Gasteiger partial charge in [0.2, 0.25) is 5.91 Å². The second kappa shape index (κ2) is 11.8. The van der Waals surface area contributed by atoms with E-state index in [1.807, 2.05) is 30.3 Å². The highest BCUT2D eigenvalue weighted by Crippen LogP contribution is 2.42. The largest absolute Gasteiger partial charge is 0.497 e. The maximum atomic E-state index is 14.0. The van der Waals surface area contributed by atoms with Crippen LogP contribution < -0.4 is 4.74 Å². The zero-order valence-corrected chi connectivity index (χ0v) is 23.8. The highest BCUT2D eigenvalue weighted by Gasteiger charge is 2.46. The average Bonchev–Trinajstić information content (AvgIpc) is 3.75. The minimum Gasteiger partial charge on any atom is -0.497 e. The van der Waals surface area contributed by atoms with Crippen LogP contribution in [0, 0.1) is 11.3 Å². The molecule has 1 saturated carbocycles. The van der Waals surface area contributed by atoms with Gasteiger partial charge in [0.25, 0.3) is 0 Å². The van der Waals surface area contributed by atoms with Crippen molar-refractivity contribution in [3.8, 4) is 5.75 Å². The van der Waals surface area contributed by atoms with Gasteiger partial charge < -0.3 is 19.3 Å². The van der Waals surface area contributed by atoms with Crippen molar-refractivity contribution in [2.24, 2.45) is 11.3 Å². The first-order valence-electron chi connectivity index (χ1n) is 15.2. The molecule has 0 unspecified atom stereocenters. The van der Waals surface area contributed by atoms with Crippen molar-refractivity contribution in [1.29, 1.82) is 0 Å². The first kappa shape index (κ1) is 27.1. The van der Waals surface area contributed by atoms with E-state index < -0.39 is 0 Å². The SMILES string of the molecule is COc1ccc(CN2CCC3(CCN(C(=O)[C@@H]4CN(C(=O)OC5CCCC5)C[C@@H]4c4ccccc4)CC3)C2)cc1. The van der Waals surface area contributed by atoms with Gasteiger partial charge in [0.05, 0.1) is 13.0 Å². The number of piperidine rings is 1. The number of carbonyl (C=O) groups is 2. The van der Waals surface area contributed by atoms with Crippen LogP contribution in [0.1, 0.15) is 62.0 Å². The van der Waals surface area contributed by atoms with Crippen LogP contribution in [0.25, 0.3) is 0 Å². The topological polar surface area (TPSA) is 62.3 Å². The number of methoxy groups -OCH3 is 1. The average molecular weight is 546 g/mol. The Hall–Kier alpha value is -3.06. The molecule has 1 spiro atoms. The third-order valence-electron chi connectivity index (χ3n) is 9.91. The quantitative estimate of drug-likeness (QED) is 0.493. The smallest absolute Gasteiger partial charge is 0.410 e. The Bertz CT molecular complexity index is 1160. The third-order valence-corrected chi connectivity index (χ3v) is 9.91. The summed E-state index contributed by atoms with van der Waals surface area (Å²) in [6.45, 7) is 5.77. The zero-order valence-electron chi connectivity index (χ0n) is 23.8. The van der Waals surface area contributed by atoms with Crippen LogP contribution >= 0.6 is 0 Å². The van der Waals surface area contributed by atoms with E-state index in [0.29, 0.717) is 18.5 Å². The maximum absolute atomic E-state index is 14.0. The normalized spacial score (nSPS) is 25.0. The van der Waals surface area contributed by atoms with Gasteiger partial charge in [-0.15, -0.1) is 0 Å². The van der Waals surface area contributed by atoms with Crippen molar-refractivity contribution in [1.82, 2.24) is 14.7 Å². The molecule has 2 amide bonds. The molecule has 3 aliphatic heterocycles. The molecule has 3 saturated heterocycles. The van der Waals surface area contributed by atoms with Gasteiger partial charge in [-0.2, -0.15) is 0 Å². The van der Waals surface area contributed by atoms with E-state index in [0.717, 1.165) is 82.6 Å². The molecule has 0 aromatic heterocycles. The fourth-order valence-corrected chi connectivity index (χ4v) is 7.46. The van der Waals surface area contributed by atoms with E-state index in [4.69, 9.17) is 9.47 Å². The minimum atomic E-state index is -0.247. The lowest BCUT2D eigenvalue weighted by Crippen LogP contribution is -2.47. The fourth-order valence-electron chi connectivity index (χ4n) is 7.46. The Balaban J connectivity index is 1.07. The number of carbonyl (C=O) groups excluding carboxylic acids is 2. The summed E-state index contributed by atoms with van der Waals surface area (Å²) in [5.74, 6) is 0.882. The van der Waals surface area contributed by atoms with Gasteiger partial charge in [-0.3, -0.25) is 9.69 Å². The number of benzene rings is 2. The number of ether oxygens (including phenoxy) is 2. The summed E-state index contributed by atoms with van der Waals surface area (Å²) in [6.07, 6.45) is 7.25. The van der Waals surface area contributed by atoms with E-state index in [-0.39, 0.29) is 29.9 Å². The van der Waals surface area contributed by atoms with Crippen molar-refractivity contribution in [3.05, 3.63) is 65.7 Å². The van der Waals surface area contributed by atoms with Crippen LogP contribution in [0.3, 0.4) is 0 Å². The molecule has 4 fully saturated rings. The summed E-state index contributed by atoms with van der Waals surface area (Å²) in [4.78, 5) is 33.5. The highest BCUT2D eigenvalue weighted by atomic mass is 16.6. The maximum Gasteiger partial charge on any atom is 0.410 e. The molecular weight excluding hydrogens is 502 g/mol. The van der Waals surface area contributed by atoms with Crippen molar-refractivity contribution in [3.63, 3.8) is 0 Å². The first-order valence-corrected chi connectivity index (χ1v) is 15.2. The molecule has 4 aliphatic rings. The second-order valence-corrected chi connectivity index (χ2v) is 12.5. The summed E-state index contributed by atoms with van der Waals surface area (Å²) in [6, 6.07) is 18.6. The highest BCUT2D eigenvalue weighted by molar-refractivity contribution is 5.82. The van der Waals surface area contributed by atoms with Crippen LogP contribution in [0.5, 0.6) is 5.75 Å². The number of hydrogen-bond donors (Lipinski definition) is 0. The molecule has 0 bridgehead atoms. The minimum absolute atomic E-state index is 0.00665. The van der Waals surface area contributed by atoms with Gasteiger partial charge in [-0.05, 0) is 80.2 Å². The monoisotopic (exact) mass is 545 g/mol. The lowest BCUT2D eigenvalue weighted by atomic mass is 9.77. The molecule has 2 atom stereocenters. The predicted octanol–water partition coefficient (Wildman–Crippen LogP) is 5.30.